The van der Waals surface area contributed by atoms with Gasteiger partial charge in [0.05, 0.1) is 0 Å². The third-order valence-electron chi connectivity index (χ3n) is 1.51. The lowest BCUT2D eigenvalue weighted by atomic mass is 10.1. The van der Waals surface area contributed by atoms with E-state index in [9.17, 15) is 0 Å². The first kappa shape index (κ1) is 9.00. The number of allylic oxidation sites excluding steroid dienone is 1. The molecule has 1 rings (SSSR count). The van der Waals surface area contributed by atoms with Gasteiger partial charge < -0.3 is 11.1 Å². The second-order valence-corrected chi connectivity index (χ2v) is 3.19. The van der Waals surface area contributed by atoms with E-state index in [-0.39, 0.29) is 0 Å². The summed E-state index contributed by atoms with van der Waals surface area (Å²) in [5, 5.41) is 7.07. The zero-order valence-electron chi connectivity index (χ0n) is 6.42. The fourth-order valence-electron chi connectivity index (χ4n) is 0.870. The Kier molecular flexibility index (Phi) is 3.05. The van der Waals surface area contributed by atoms with Crippen LogP contribution in [0.4, 0.5) is 0 Å². The van der Waals surface area contributed by atoms with Crippen molar-refractivity contribution in [1.29, 1.82) is 5.41 Å². The molecule has 0 saturated heterocycles. The molecule has 0 aliphatic carbocycles. The molecule has 0 radical (unpaired) electrons. The smallest absolute Gasteiger partial charge is 0.0270 e. The van der Waals surface area contributed by atoms with Crippen LogP contribution in [-0.2, 0) is 0 Å². The van der Waals surface area contributed by atoms with Crippen LogP contribution in [0.15, 0.2) is 34.9 Å². The summed E-state index contributed by atoms with van der Waals surface area (Å²) in [4.78, 5) is 0. The van der Waals surface area contributed by atoms with Crippen molar-refractivity contribution in [3.63, 3.8) is 0 Å². The fraction of sp³-hybridized carbons (Fsp3) is 0. The second kappa shape index (κ2) is 4.07. The quantitative estimate of drug-likeness (QED) is 0.746. The Morgan fingerprint density at radius 2 is 1.92 bits per heavy atom. The van der Waals surface area contributed by atoms with Crippen molar-refractivity contribution < 1.29 is 0 Å². The van der Waals surface area contributed by atoms with E-state index in [4.69, 9.17) is 11.1 Å². The molecule has 0 amide bonds. The number of nitrogens with one attached hydrogen (secondary N) is 1. The molecule has 1 aromatic rings. The maximum absolute atomic E-state index is 7.07. The van der Waals surface area contributed by atoms with Gasteiger partial charge in [-0.3, -0.25) is 0 Å². The first-order valence-corrected chi connectivity index (χ1v) is 4.25. The van der Waals surface area contributed by atoms with Crippen LogP contribution in [0.5, 0.6) is 0 Å². The minimum atomic E-state index is 0.725. The molecule has 62 valence electrons. The Bertz CT molecular complexity index is 301. The van der Waals surface area contributed by atoms with Gasteiger partial charge in [-0.2, -0.15) is 0 Å². The third kappa shape index (κ3) is 1.95. The van der Waals surface area contributed by atoms with Gasteiger partial charge in [-0.15, -0.1) is 0 Å². The Hall–Kier alpha value is -1.09. The summed E-state index contributed by atoms with van der Waals surface area (Å²) in [5.74, 6) is 0. The summed E-state index contributed by atoms with van der Waals surface area (Å²) >= 11 is 3.33. The molecule has 0 atom stereocenters. The summed E-state index contributed by atoms with van der Waals surface area (Å²) in [7, 11) is 0. The van der Waals surface area contributed by atoms with Crippen molar-refractivity contribution in [3.8, 4) is 0 Å². The summed E-state index contributed by atoms with van der Waals surface area (Å²) in [5.41, 5.74) is 7.01. The van der Waals surface area contributed by atoms with E-state index < -0.39 is 0 Å². The molecule has 0 bridgehead atoms. The highest BCUT2D eigenvalue weighted by atomic mass is 79.9. The molecule has 3 N–H and O–H groups in total. The maximum atomic E-state index is 7.07. The standard InChI is InChI=1S/C9H9BrN2/c10-9-3-1-7(2-4-9)8(5-11)6-12/h1-6,11H,12H2/b8-6+,11-5?. The molecular weight excluding hydrogens is 216 g/mol. The number of benzene rings is 1. The Morgan fingerprint density at radius 3 is 2.33 bits per heavy atom. The zero-order chi connectivity index (χ0) is 8.97. The third-order valence-corrected chi connectivity index (χ3v) is 2.04. The van der Waals surface area contributed by atoms with E-state index in [1.807, 2.05) is 24.3 Å². The minimum Gasteiger partial charge on any atom is -0.404 e. The van der Waals surface area contributed by atoms with Crippen LogP contribution in [0.25, 0.3) is 5.57 Å². The average molecular weight is 225 g/mol. The van der Waals surface area contributed by atoms with Crippen LogP contribution < -0.4 is 5.73 Å². The van der Waals surface area contributed by atoms with Crippen molar-refractivity contribution in [3.05, 3.63) is 40.5 Å². The van der Waals surface area contributed by atoms with Gasteiger partial charge in [0.2, 0.25) is 0 Å². The molecule has 2 nitrogen and oxygen atoms in total. The van der Waals surface area contributed by atoms with Crippen LogP contribution in [0.1, 0.15) is 5.56 Å². The molecule has 3 heteroatoms. The van der Waals surface area contributed by atoms with Gasteiger partial charge >= 0.3 is 0 Å². The predicted molar refractivity (Wildman–Crippen MR) is 55.1 cm³/mol. The number of hydrogen-bond acceptors (Lipinski definition) is 2. The first-order chi connectivity index (χ1) is 5.77. The highest BCUT2D eigenvalue weighted by molar-refractivity contribution is 9.10. The van der Waals surface area contributed by atoms with Crippen molar-refractivity contribution in [2.75, 3.05) is 0 Å². The number of nitrogens with two attached hydrogens (primary N) is 1. The van der Waals surface area contributed by atoms with E-state index >= 15 is 0 Å². The molecular formula is C9H9BrN2. The molecule has 0 aliphatic rings. The number of hydrogen-bond donors (Lipinski definition) is 2. The Balaban J connectivity index is 3.04. The normalized spacial score (nSPS) is 11.2. The SMILES string of the molecule is N=C/C(=C\N)c1ccc(Br)cc1. The predicted octanol–water partition coefficient (Wildman–Crippen LogP) is 2.40. The van der Waals surface area contributed by atoms with Gasteiger partial charge in [0.1, 0.15) is 0 Å². The second-order valence-electron chi connectivity index (χ2n) is 2.27. The molecule has 0 spiro atoms. The number of rotatable bonds is 2. The van der Waals surface area contributed by atoms with Crippen LogP contribution in [0.2, 0.25) is 0 Å². The van der Waals surface area contributed by atoms with Gasteiger partial charge in [-0.05, 0) is 17.7 Å². The Morgan fingerprint density at radius 1 is 1.33 bits per heavy atom. The van der Waals surface area contributed by atoms with Crippen LogP contribution >= 0.6 is 15.9 Å². The van der Waals surface area contributed by atoms with E-state index in [1.165, 1.54) is 12.4 Å². The van der Waals surface area contributed by atoms with E-state index in [1.54, 1.807) is 0 Å². The molecule has 1 aromatic carbocycles. The van der Waals surface area contributed by atoms with Crippen molar-refractivity contribution in [1.82, 2.24) is 0 Å². The zero-order valence-corrected chi connectivity index (χ0v) is 8.01. The van der Waals surface area contributed by atoms with E-state index in [0.29, 0.717) is 0 Å². The van der Waals surface area contributed by atoms with E-state index in [2.05, 4.69) is 15.9 Å². The fourth-order valence-corrected chi connectivity index (χ4v) is 1.13. The summed E-state index contributed by atoms with van der Waals surface area (Å²) in [6, 6.07) is 7.66. The molecule has 0 saturated carbocycles. The first-order valence-electron chi connectivity index (χ1n) is 3.46. The van der Waals surface area contributed by atoms with Gasteiger partial charge in [0.25, 0.3) is 0 Å². The van der Waals surface area contributed by atoms with Gasteiger partial charge in [0, 0.05) is 22.5 Å². The lowest BCUT2D eigenvalue weighted by molar-refractivity contribution is 1.52. The highest BCUT2D eigenvalue weighted by Gasteiger charge is 1.95. The lowest BCUT2D eigenvalue weighted by Crippen LogP contribution is -1.89. The monoisotopic (exact) mass is 224 g/mol. The van der Waals surface area contributed by atoms with E-state index in [0.717, 1.165) is 15.6 Å². The molecule has 0 unspecified atom stereocenters. The Labute approximate surface area is 79.7 Å². The van der Waals surface area contributed by atoms with Crippen molar-refractivity contribution >= 4 is 27.7 Å². The molecule has 0 fully saturated rings. The molecule has 0 aromatic heterocycles. The topological polar surface area (TPSA) is 49.9 Å². The van der Waals surface area contributed by atoms with Crippen molar-refractivity contribution in [2.24, 2.45) is 5.73 Å². The summed E-state index contributed by atoms with van der Waals surface area (Å²) in [6.45, 7) is 0. The van der Waals surface area contributed by atoms with Crippen LogP contribution in [0.3, 0.4) is 0 Å². The molecule has 12 heavy (non-hydrogen) atoms. The van der Waals surface area contributed by atoms with Crippen LogP contribution in [0, 0.1) is 5.41 Å². The number of halogens is 1. The van der Waals surface area contributed by atoms with Gasteiger partial charge in [0.15, 0.2) is 0 Å². The molecule has 0 heterocycles. The largest absolute Gasteiger partial charge is 0.404 e. The van der Waals surface area contributed by atoms with Gasteiger partial charge in [-0.25, -0.2) is 0 Å². The van der Waals surface area contributed by atoms with Crippen LogP contribution in [-0.4, -0.2) is 6.21 Å². The highest BCUT2D eigenvalue weighted by Crippen LogP contribution is 2.15. The van der Waals surface area contributed by atoms with Gasteiger partial charge in [-0.1, -0.05) is 28.1 Å². The summed E-state index contributed by atoms with van der Waals surface area (Å²) < 4.78 is 1.02. The minimum absolute atomic E-state index is 0.725. The summed E-state index contributed by atoms with van der Waals surface area (Å²) in [6.07, 6.45) is 2.67. The average Bonchev–Trinajstić information content (AvgIpc) is 2.10. The molecule has 0 aliphatic heterocycles. The van der Waals surface area contributed by atoms with Crippen molar-refractivity contribution in [2.45, 2.75) is 0 Å². The maximum Gasteiger partial charge on any atom is 0.0270 e. The lowest BCUT2D eigenvalue weighted by Gasteiger charge is -1.99.